The summed E-state index contributed by atoms with van der Waals surface area (Å²) in [6, 6.07) is 5.83. The van der Waals surface area contributed by atoms with Gasteiger partial charge in [-0.1, -0.05) is 29.3 Å². The van der Waals surface area contributed by atoms with Crippen molar-refractivity contribution in [3.8, 4) is 0 Å². The molecule has 6 nitrogen and oxygen atoms in total. The van der Waals surface area contributed by atoms with Crippen LogP contribution in [0.3, 0.4) is 0 Å². The average Bonchev–Trinajstić information content (AvgIpc) is 2.66. The molecule has 1 aromatic heterocycles. The van der Waals surface area contributed by atoms with Gasteiger partial charge in [-0.3, -0.25) is 14.3 Å². The molecule has 2 aromatic rings. The number of piperazine rings is 1. The second-order valence-corrected chi connectivity index (χ2v) is 7.73. The summed E-state index contributed by atoms with van der Waals surface area (Å²) in [5.74, 6) is 0.841. The Bertz CT molecular complexity index is 823. The van der Waals surface area contributed by atoms with Crippen molar-refractivity contribution in [3.05, 3.63) is 38.9 Å². The number of fused-ring (bicyclic) bond motifs is 1. The fraction of sp³-hybridized carbons (Fsp3) is 0.579. The van der Waals surface area contributed by atoms with Gasteiger partial charge in [-0.2, -0.15) is 0 Å². The molecule has 1 aromatic carbocycles. The Kier molecular flexibility index (Phi) is 6.45. The van der Waals surface area contributed by atoms with Gasteiger partial charge in [0, 0.05) is 36.7 Å². The van der Waals surface area contributed by atoms with E-state index in [2.05, 4.69) is 33.1 Å². The third-order valence-electron chi connectivity index (χ3n) is 5.07. The number of hydrogen-bond acceptors (Lipinski definition) is 5. The van der Waals surface area contributed by atoms with Crippen molar-refractivity contribution in [3.63, 3.8) is 0 Å². The molecule has 0 aliphatic carbocycles. The first-order chi connectivity index (χ1) is 12.6. The number of nitrogens with zero attached hydrogens (tertiary/aromatic N) is 3. The number of aliphatic hydroxyl groups is 1. The van der Waals surface area contributed by atoms with E-state index in [1.54, 1.807) is 0 Å². The van der Waals surface area contributed by atoms with Crippen molar-refractivity contribution < 1.29 is 5.11 Å². The van der Waals surface area contributed by atoms with Gasteiger partial charge in [-0.05, 0) is 31.5 Å². The summed E-state index contributed by atoms with van der Waals surface area (Å²) in [6.45, 7) is 7.36. The van der Waals surface area contributed by atoms with Crippen LogP contribution in [0.2, 0.25) is 0 Å². The zero-order chi connectivity index (χ0) is 18.7. The van der Waals surface area contributed by atoms with Crippen molar-refractivity contribution in [2.24, 2.45) is 0 Å². The molecule has 2 atom stereocenters. The van der Waals surface area contributed by atoms with Crippen molar-refractivity contribution >= 4 is 26.8 Å². The summed E-state index contributed by atoms with van der Waals surface area (Å²) in [6.07, 6.45) is 1.95. The first kappa shape index (κ1) is 19.5. The van der Waals surface area contributed by atoms with E-state index in [9.17, 15) is 9.90 Å². The molecular weight excluding hydrogens is 396 g/mol. The zero-order valence-corrected chi connectivity index (χ0v) is 17.0. The first-order valence-corrected chi connectivity index (χ1v) is 10.2. The molecule has 2 N–H and O–H groups in total. The number of aromatic nitrogens is 2. The van der Waals surface area contributed by atoms with Crippen molar-refractivity contribution in [1.29, 1.82) is 0 Å². The highest BCUT2D eigenvalue weighted by atomic mass is 79.9. The molecule has 1 aliphatic heterocycles. The van der Waals surface area contributed by atoms with Crippen LogP contribution in [-0.2, 0) is 6.54 Å². The number of benzene rings is 1. The van der Waals surface area contributed by atoms with Crippen LogP contribution in [0.25, 0.3) is 10.9 Å². The molecule has 7 heteroatoms. The maximum atomic E-state index is 13.1. The van der Waals surface area contributed by atoms with Crippen LogP contribution in [0.4, 0.5) is 0 Å². The van der Waals surface area contributed by atoms with E-state index in [1.807, 2.05) is 29.7 Å². The van der Waals surface area contributed by atoms with Gasteiger partial charge < -0.3 is 10.4 Å². The van der Waals surface area contributed by atoms with Crippen molar-refractivity contribution in [2.45, 2.75) is 45.3 Å². The highest BCUT2D eigenvalue weighted by Crippen LogP contribution is 2.27. The summed E-state index contributed by atoms with van der Waals surface area (Å²) in [5.41, 5.74) is 0.761. The van der Waals surface area contributed by atoms with E-state index >= 15 is 0 Å². The van der Waals surface area contributed by atoms with E-state index in [-0.39, 0.29) is 24.2 Å². The number of rotatable bonds is 6. The Labute approximate surface area is 162 Å². The molecule has 0 saturated carbocycles. The van der Waals surface area contributed by atoms with Gasteiger partial charge >= 0.3 is 0 Å². The molecule has 142 valence electrons. The molecule has 1 saturated heterocycles. The third kappa shape index (κ3) is 3.86. The lowest BCUT2D eigenvalue weighted by atomic mass is 10.1. The van der Waals surface area contributed by atoms with Crippen LogP contribution in [0, 0.1) is 0 Å². The van der Waals surface area contributed by atoms with Gasteiger partial charge in [0.25, 0.3) is 5.56 Å². The Hall–Kier alpha value is -1.28. The van der Waals surface area contributed by atoms with E-state index in [0.717, 1.165) is 48.3 Å². The summed E-state index contributed by atoms with van der Waals surface area (Å²) in [5, 5.41) is 13.5. The first-order valence-electron chi connectivity index (χ1n) is 9.37. The topological polar surface area (TPSA) is 70.4 Å². The van der Waals surface area contributed by atoms with E-state index < -0.39 is 0 Å². The summed E-state index contributed by atoms with van der Waals surface area (Å²) in [4.78, 5) is 20.3. The molecule has 3 rings (SSSR count). The average molecular weight is 423 g/mol. The standard InChI is InChI=1S/C19H27BrN4O2/c1-3-5-17(23-9-8-21-14(11-23)12-25)18-22-16-7-6-13(20)10-15(16)19(26)24(18)4-2/h6-7,10,14,17,21,25H,3-5,8-9,11-12H2,1-2H3/t14-,17+/m1/s1. The van der Waals surface area contributed by atoms with Gasteiger partial charge in [0.05, 0.1) is 23.6 Å². The highest BCUT2D eigenvalue weighted by molar-refractivity contribution is 9.10. The van der Waals surface area contributed by atoms with Crippen LogP contribution in [0.15, 0.2) is 27.5 Å². The lowest BCUT2D eigenvalue weighted by Gasteiger charge is -2.38. The number of nitrogens with one attached hydrogen (secondary N) is 1. The van der Waals surface area contributed by atoms with E-state index in [1.165, 1.54) is 0 Å². The largest absolute Gasteiger partial charge is 0.395 e. The third-order valence-corrected chi connectivity index (χ3v) is 5.56. The number of halogens is 1. The van der Waals surface area contributed by atoms with Gasteiger partial charge in [0.15, 0.2) is 0 Å². The van der Waals surface area contributed by atoms with Crippen LogP contribution in [0.5, 0.6) is 0 Å². The van der Waals surface area contributed by atoms with Crippen molar-refractivity contribution in [2.75, 3.05) is 26.2 Å². The highest BCUT2D eigenvalue weighted by Gasteiger charge is 2.29. The quantitative estimate of drug-likeness (QED) is 0.746. The molecule has 26 heavy (non-hydrogen) atoms. The zero-order valence-electron chi connectivity index (χ0n) is 15.4. The Morgan fingerprint density at radius 1 is 1.42 bits per heavy atom. The fourth-order valence-corrected chi connectivity index (χ4v) is 4.14. The lowest BCUT2D eigenvalue weighted by molar-refractivity contribution is 0.101. The number of hydrogen-bond donors (Lipinski definition) is 2. The SMILES string of the molecule is CCC[C@@H](c1nc2ccc(Br)cc2c(=O)n1CC)N1CCN[C@@H](CO)C1. The molecule has 0 amide bonds. The minimum Gasteiger partial charge on any atom is -0.395 e. The summed E-state index contributed by atoms with van der Waals surface area (Å²) in [7, 11) is 0. The van der Waals surface area contributed by atoms with E-state index in [0.29, 0.717) is 11.9 Å². The van der Waals surface area contributed by atoms with Gasteiger partial charge in [-0.25, -0.2) is 4.98 Å². The maximum absolute atomic E-state index is 13.1. The minimum absolute atomic E-state index is 0.0174. The van der Waals surface area contributed by atoms with Gasteiger partial charge in [-0.15, -0.1) is 0 Å². The predicted octanol–water partition coefficient (Wildman–Crippen LogP) is 2.29. The Morgan fingerprint density at radius 3 is 2.92 bits per heavy atom. The van der Waals surface area contributed by atoms with Crippen LogP contribution < -0.4 is 10.9 Å². The molecule has 1 fully saturated rings. The number of aliphatic hydroxyl groups excluding tert-OH is 1. The Balaban J connectivity index is 2.10. The van der Waals surface area contributed by atoms with Crippen LogP contribution >= 0.6 is 15.9 Å². The molecule has 0 radical (unpaired) electrons. The second-order valence-electron chi connectivity index (χ2n) is 6.81. The monoisotopic (exact) mass is 422 g/mol. The smallest absolute Gasteiger partial charge is 0.261 e. The second kappa shape index (κ2) is 8.61. The molecule has 2 heterocycles. The fourth-order valence-electron chi connectivity index (χ4n) is 3.78. The maximum Gasteiger partial charge on any atom is 0.261 e. The Morgan fingerprint density at radius 2 is 2.23 bits per heavy atom. The molecule has 1 aliphatic rings. The van der Waals surface area contributed by atoms with Crippen molar-refractivity contribution in [1.82, 2.24) is 19.8 Å². The van der Waals surface area contributed by atoms with Crippen LogP contribution in [-0.4, -0.2) is 51.8 Å². The predicted molar refractivity (Wildman–Crippen MR) is 107 cm³/mol. The molecule has 0 spiro atoms. The normalized spacial score (nSPS) is 19.8. The van der Waals surface area contributed by atoms with E-state index in [4.69, 9.17) is 4.98 Å². The molecule has 0 unspecified atom stereocenters. The molecule has 0 bridgehead atoms. The summed E-state index contributed by atoms with van der Waals surface area (Å²) >= 11 is 3.45. The summed E-state index contributed by atoms with van der Waals surface area (Å²) < 4.78 is 2.70. The minimum atomic E-state index is 0.0174. The molecular formula is C19H27BrN4O2. The van der Waals surface area contributed by atoms with Gasteiger partial charge in [0.1, 0.15) is 5.82 Å². The van der Waals surface area contributed by atoms with Gasteiger partial charge in [0.2, 0.25) is 0 Å². The van der Waals surface area contributed by atoms with Crippen LogP contribution in [0.1, 0.15) is 38.6 Å². The lowest BCUT2D eigenvalue weighted by Crippen LogP contribution is -2.53.